The van der Waals surface area contributed by atoms with Gasteiger partial charge in [-0.05, 0) is 18.2 Å². The van der Waals surface area contributed by atoms with Crippen LogP contribution in [0, 0.1) is 0 Å². The van der Waals surface area contributed by atoms with Gasteiger partial charge in [0.25, 0.3) is 0 Å². The van der Waals surface area contributed by atoms with Crippen LogP contribution in [0.25, 0.3) is 0 Å². The SMILES string of the molecule is ClCSc1ccc(Cl)c(Cl)c1. The number of alkyl halides is 1. The van der Waals surface area contributed by atoms with Gasteiger partial charge in [-0.3, -0.25) is 0 Å². The molecule has 0 aliphatic heterocycles. The van der Waals surface area contributed by atoms with Crippen molar-refractivity contribution in [1.82, 2.24) is 0 Å². The Hall–Kier alpha value is 0.440. The van der Waals surface area contributed by atoms with Crippen LogP contribution in [0.5, 0.6) is 0 Å². The Morgan fingerprint density at radius 1 is 1.18 bits per heavy atom. The molecule has 0 saturated carbocycles. The second kappa shape index (κ2) is 4.46. The predicted molar refractivity (Wildman–Crippen MR) is 53.0 cm³/mol. The quantitative estimate of drug-likeness (QED) is 0.537. The summed E-state index contributed by atoms with van der Waals surface area (Å²) in [6, 6.07) is 5.46. The molecular weight excluding hydrogens is 223 g/mol. The van der Waals surface area contributed by atoms with E-state index in [0.29, 0.717) is 15.3 Å². The van der Waals surface area contributed by atoms with Gasteiger partial charge in [0.15, 0.2) is 0 Å². The Kier molecular flexibility index (Phi) is 3.86. The molecule has 0 fully saturated rings. The summed E-state index contributed by atoms with van der Waals surface area (Å²) in [5.41, 5.74) is 0. The van der Waals surface area contributed by atoms with Gasteiger partial charge in [0, 0.05) is 4.90 Å². The minimum absolute atomic E-state index is 0.526. The number of halogens is 3. The van der Waals surface area contributed by atoms with Crippen molar-refractivity contribution in [3.63, 3.8) is 0 Å². The monoisotopic (exact) mass is 226 g/mol. The molecule has 1 rings (SSSR count). The summed E-state index contributed by atoms with van der Waals surface area (Å²) < 4.78 is 0. The number of thioether (sulfide) groups is 1. The standard InChI is InChI=1S/C7H5Cl3S/c8-4-11-5-1-2-6(9)7(10)3-5/h1-3H,4H2. The van der Waals surface area contributed by atoms with E-state index in [4.69, 9.17) is 34.8 Å². The van der Waals surface area contributed by atoms with Crippen LogP contribution in [0.4, 0.5) is 0 Å². The van der Waals surface area contributed by atoms with Crippen LogP contribution in [-0.2, 0) is 0 Å². The zero-order valence-electron chi connectivity index (χ0n) is 5.48. The van der Waals surface area contributed by atoms with E-state index in [2.05, 4.69) is 0 Å². The first kappa shape index (κ1) is 9.53. The molecule has 0 spiro atoms. The van der Waals surface area contributed by atoms with Gasteiger partial charge in [0.2, 0.25) is 0 Å². The van der Waals surface area contributed by atoms with E-state index in [0.717, 1.165) is 4.90 Å². The second-order valence-electron chi connectivity index (χ2n) is 1.83. The highest BCUT2D eigenvalue weighted by Gasteiger charge is 1.98. The Morgan fingerprint density at radius 3 is 2.45 bits per heavy atom. The largest absolute Gasteiger partial charge is 0.114 e. The van der Waals surface area contributed by atoms with E-state index in [1.165, 1.54) is 11.8 Å². The van der Waals surface area contributed by atoms with Crippen molar-refractivity contribution in [1.29, 1.82) is 0 Å². The first-order valence-electron chi connectivity index (χ1n) is 2.88. The van der Waals surface area contributed by atoms with Crippen molar-refractivity contribution >= 4 is 46.6 Å². The highest BCUT2D eigenvalue weighted by Crippen LogP contribution is 2.28. The fourth-order valence-electron chi connectivity index (χ4n) is 0.630. The van der Waals surface area contributed by atoms with E-state index in [-0.39, 0.29) is 0 Å². The van der Waals surface area contributed by atoms with Gasteiger partial charge in [-0.15, -0.1) is 23.4 Å². The topological polar surface area (TPSA) is 0 Å². The summed E-state index contributed by atoms with van der Waals surface area (Å²) in [6.07, 6.45) is 0. The molecule has 60 valence electrons. The lowest BCUT2D eigenvalue weighted by Crippen LogP contribution is -1.72. The molecule has 0 N–H and O–H groups in total. The zero-order valence-corrected chi connectivity index (χ0v) is 8.57. The molecule has 0 aliphatic carbocycles. The van der Waals surface area contributed by atoms with Crippen LogP contribution in [0.2, 0.25) is 10.0 Å². The molecule has 0 aromatic heterocycles. The summed E-state index contributed by atoms with van der Waals surface area (Å²) in [4.78, 5) is 1.04. The van der Waals surface area contributed by atoms with E-state index < -0.39 is 0 Å². The van der Waals surface area contributed by atoms with Gasteiger partial charge < -0.3 is 0 Å². The maximum Gasteiger partial charge on any atom is 0.0727 e. The lowest BCUT2D eigenvalue weighted by atomic mass is 10.4. The number of hydrogen-bond acceptors (Lipinski definition) is 1. The molecule has 0 radical (unpaired) electrons. The maximum absolute atomic E-state index is 5.76. The lowest BCUT2D eigenvalue weighted by Gasteiger charge is -1.98. The van der Waals surface area contributed by atoms with Crippen LogP contribution >= 0.6 is 46.6 Å². The van der Waals surface area contributed by atoms with E-state index in [9.17, 15) is 0 Å². The van der Waals surface area contributed by atoms with Gasteiger partial charge in [-0.1, -0.05) is 23.2 Å². The van der Waals surface area contributed by atoms with E-state index >= 15 is 0 Å². The van der Waals surface area contributed by atoms with Crippen molar-refractivity contribution in [2.24, 2.45) is 0 Å². The second-order valence-corrected chi connectivity index (χ2v) is 4.28. The fraction of sp³-hybridized carbons (Fsp3) is 0.143. The summed E-state index contributed by atoms with van der Waals surface area (Å²) >= 11 is 18.5. The van der Waals surface area contributed by atoms with Gasteiger partial charge >= 0.3 is 0 Å². The smallest absolute Gasteiger partial charge is 0.0727 e. The van der Waals surface area contributed by atoms with Crippen LogP contribution < -0.4 is 0 Å². The Morgan fingerprint density at radius 2 is 1.91 bits per heavy atom. The third kappa shape index (κ3) is 2.75. The van der Waals surface area contributed by atoms with Crippen molar-refractivity contribution in [2.75, 3.05) is 5.21 Å². The molecule has 0 amide bonds. The Labute approximate surface area is 84.8 Å². The molecule has 0 saturated heterocycles. The Balaban J connectivity index is 2.86. The normalized spacial score (nSPS) is 10.1. The number of hydrogen-bond donors (Lipinski definition) is 0. The molecule has 0 bridgehead atoms. The molecule has 0 atom stereocenters. The van der Waals surface area contributed by atoms with Crippen LogP contribution in [0.1, 0.15) is 0 Å². The lowest BCUT2D eigenvalue weighted by molar-refractivity contribution is 1.47. The molecule has 11 heavy (non-hydrogen) atoms. The van der Waals surface area contributed by atoms with Gasteiger partial charge in [0.05, 0.1) is 15.3 Å². The fourth-order valence-corrected chi connectivity index (χ4v) is 1.86. The molecular formula is C7H5Cl3S. The van der Waals surface area contributed by atoms with Gasteiger partial charge in [-0.2, -0.15) is 0 Å². The summed E-state index contributed by atoms with van der Waals surface area (Å²) in [5.74, 6) is 0. The molecule has 4 heteroatoms. The molecule has 0 unspecified atom stereocenters. The average molecular weight is 228 g/mol. The summed E-state index contributed by atoms with van der Waals surface area (Å²) in [6.45, 7) is 0. The van der Waals surface area contributed by atoms with Crippen molar-refractivity contribution in [2.45, 2.75) is 4.90 Å². The number of benzene rings is 1. The summed E-state index contributed by atoms with van der Waals surface area (Å²) in [5, 5.41) is 1.67. The zero-order chi connectivity index (χ0) is 8.27. The van der Waals surface area contributed by atoms with Crippen LogP contribution in [0.15, 0.2) is 23.1 Å². The summed E-state index contributed by atoms with van der Waals surface area (Å²) in [7, 11) is 0. The predicted octanol–water partition coefficient (Wildman–Crippen LogP) is 4.28. The third-order valence-corrected chi connectivity index (χ3v) is 2.88. The van der Waals surface area contributed by atoms with Gasteiger partial charge in [0.1, 0.15) is 0 Å². The number of rotatable bonds is 2. The minimum Gasteiger partial charge on any atom is -0.114 e. The maximum atomic E-state index is 5.76. The first-order valence-corrected chi connectivity index (χ1v) is 5.15. The molecule has 1 aromatic carbocycles. The molecule has 0 nitrogen and oxygen atoms in total. The molecule has 1 aromatic rings. The van der Waals surface area contributed by atoms with Crippen molar-refractivity contribution in [3.8, 4) is 0 Å². The Bertz CT molecular complexity index is 249. The van der Waals surface area contributed by atoms with Gasteiger partial charge in [-0.25, -0.2) is 0 Å². The average Bonchev–Trinajstić information content (AvgIpc) is 1.98. The highest BCUT2D eigenvalue weighted by molar-refractivity contribution is 8.00. The van der Waals surface area contributed by atoms with Crippen molar-refractivity contribution < 1.29 is 0 Å². The van der Waals surface area contributed by atoms with Crippen LogP contribution in [0.3, 0.4) is 0 Å². The minimum atomic E-state index is 0.526. The highest BCUT2D eigenvalue weighted by atomic mass is 35.5. The first-order chi connectivity index (χ1) is 5.24. The van der Waals surface area contributed by atoms with E-state index in [1.807, 2.05) is 6.07 Å². The molecule has 0 aliphatic rings. The van der Waals surface area contributed by atoms with E-state index in [1.54, 1.807) is 12.1 Å². The molecule has 0 heterocycles. The van der Waals surface area contributed by atoms with Crippen molar-refractivity contribution in [3.05, 3.63) is 28.2 Å². The third-order valence-electron chi connectivity index (χ3n) is 1.11. The van der Waals surface area contributed by atoms with Crippen LogP contribution in [-0.4, -0.2) is 5.21 Å².